The van der Waals surface area contributed by atoms with E-state index in [1.807, 2.05) is 20.8 Å². The van der Waals surface area contributed by atoms with Gasteiger partial charge in [0.25, 0.3) is 11.8 Å². The summed E-state index contributed by atoms with van der Waals surface area (Å²) in [6.07, 6.45) is 0.462. The van der Waals surface area contributed by atoms with Gasteiger partial charge < -0.3 is 14.4 Å². The standard InChI is InChI=1S/C25H28N2O6/c1-6-25(2,3)27(22(29)16-9-13-19(32-4)14-10-16)20-15-21(28)26(23(20)30)18-11-7-17(8-12-18)24(31)33-5/h7-14,20H,6,15H2,1-5H3. The Hall–Kier alpha value is -3.68. The highest BCUT2D eigenvalue weighted by Gasteiger charge is 2.48. The molecule has 1 unspecified atom stereocenters. The van der Waals surface area contributed by atoms with Crippen molar-refractivity contribution in [2.45, 2.75) is 45.2 Å². The first kappa shape index (κ1) is 24.0. The number of hydrogen-bond acceptors (Lipinski definition) is 6. The van der Waals surface area contributed by atoms with Crippen LogP contribution in [0, 0.1) is 0 Å². The lowest BCUT2D eigenvalue weighted by molar-refractivity contribution is -0.123. The monoisotopic (exact) mass is 452 g/mol. The SMILES string of the molecule is CCC(C)(C)N(C(=O)c1ccc(OC)cc1)C1CC(=O)N(c2ccc(C(=O)OC)cc2)C1=O. The third-order valence-electron chi connectivity index (χ3n) is 6.05. The molecule has 0 saturated carbocycles. The molecule has 1 fully saturated rings. The molecule has 1 heterocycles. The number of rotatable bonds is 7. The van der Waals surface area contributed by atoms with Crippen molar-refractivity contribution in [3.05, 3.63) is 59.7 Å². The van der Waals surface area contributed by atoms with Crippen LogP contribution >= 0.6 is 0 Å². The second-order valence-corrected chi connectivity index (χ2v) is 8.40. The molecule has 1 saturated heterocycles. The fourth-order valence-corrected chi connectivity index (χ4v) is 3.83. The van der Waals surface area contributed by atoms with E-state index in [1.54, 1.807) is 31.4 Å². The van der Waals surface area contributed by atoms with Crippen LogP contribution in [0.5, 0.6) is 5.75 Å². The summed E-state index contributed by atoms with van der Waals surface area (Å²) in [5.41, 5.74) is 0.368. The molecule has 2 aromatic carbocycles. The van der Waals surface area contributed by atoms with Crippen LogP contribution in [0.15, 0.2) is 48.5 Å². The van der Waals surface area contributed by atoms with E-state index in [4.69, 9.17) is 4.74 Å². The van der Waals surface area contributed by atoms with Gasteiger partial charge in [-0.3, -0.25) is 14.4 Å². The van der Waals surface area contributed by atoms with Gasteiger partial charge in [-0.2, -0.15) is 0 Å². The van der Waals surface area contributed by atoms with Gasteiger partial charge in [-0.25, -0.2) is 9.69 Å². The summed E-state index contributed by atoms with van der Waals surface area (Å²) in [5, 5.41) is 0. The topological polar surface area (TPSA) is 93.2 Å². The molecule has 1 aliphatic rings. The molecule has 174 valence electrons. The summed E-state index contributed by atoms with van der Waals surface area (Å²) >= 11 is 0. The highest BCUT2D eigenvalue weighted by molar-refractivity contribution is 6.23. The van der Waals surface area contributed by atoms with Crippen molar-refractivity contribution in [1.29, 1.82) is 0 Å². The Balaban J connectivity index is 1.95. The smallest absolute Gasteiger partial charge is 0.337 e. The van der Waals surface area contributed by atoms with Gasteiger partial charge in [0.15, 0.2) is 0 Å². The molecular weight excluding hydrogens is 424 g/mol. The van der Waals surface area contributed by atoms with Crippen molar-refractivity contribution >= 4 is 29.4 Å². The zero-order valence-corrected chi connectivity index (χ0v) is 19.5. The molecule has 1 aliphatic heterocycles. The fraction of sp³-hybridized carbons (Fsp3) is 0.360. The molecule has 3 rings (SSSR count). The molecule has 33 heavy (non-hydrogen) atoms. The lowest BCUT2D eigenvalue weighted by Gasteiger charge is -2.41. The second kappa shape index (κ2) is 9.44. The Morgan fingerprint density at radius 1 is 1.00 bits per heavy atom. The normalized spacial score (nSPS) is 16.0. The maximum Gasteiger partial charge on any atom is 0.337 e. The van der Waals surface area contributed by atoms with Crippen LogP contribution in [0.2, 0.25) is 0 Å². The molecule has 0 aromatic heterocycles. The van der Waals surface area contributed by atoms with E-state index in [2.05, 4.69) is 4.74 Å². The summed E-state index contributed by atoms with van der Waals surface area (Å²) in [6, 6.07) is 11.7. The molecule has 3 amide bonds. The summed E-state index contributed by atoms with van der Waals surface area (Å²) in [7, 11) is 2.82. The third-order valence-corrected chi connectivity index (χ3v) is 6.05. The minimum absolute atomic E-state index is 0.122. The van der Waals surface area contributed by atoms with Crippen LogP contribution in [0.1, 0.15) is 54.3 Å². The minimum atomic E-state index is -0.942. The molecule has 0 spiro atoms. The number of imide groups is 1. The van der Waals surface area contributed by atoms with Crippen LogP contribution in [0.3, 0.4) is 0 Å². The molecule has 0 N–H and O–H groups in total. The zero-order valence-electron chi connectivity index (χ0n) is 19.5. The van der Waals surface area contributed by atoms with Gasteiger partial charge in [-0.05, 0) is 68.8 Å². The van der Waals surface area contributed by atoms with Gasteiger partial charge in [0.05, 0.1) is 31.9 Å². The Morgan fingerprint density at radius 3 is 2.09 bits per heavy atom. The van der Waals surface area contributed by atoms with Gasteiger partial charge in [0.2, 0.25) is 5.91 Å². The summed E-state index contributed by atoms with van der Waals surface area (Å²) < 4.78 is 9.85. The maximum absolute atomic E-state index is 13.5. The average molecular weight is 453 g/mol. The lowest BCUT2D eigenvalue weighted by Crippen LogP contribution is -2.55. The molecule has 0 aliphatic carbocycles. The Kier molecular flexibility index (Phi) is 6.86. The summed E-state index contributed by atoms with van der Waals surface area (Å²) in [4.78, 5) is 54.1. The summed E-state index contributed by atoms with van der Waals surface area (Å²) in [6.45, 7) is 5.68. The number of esters is 1. The van der Waals surface area contributed by atoms with Gasteiger partial charge in [-0.1, -0.05) is 6.92 Å². The number of methoxy groups -OCH3 is 2. The first-order chi connectivity index (χ1) is 15.6. The lowest BCUT2D eigenvalue weighted by atomic mass is 9.94. The average Bonchev–Trinajstić information content (AvgIpc) is 3.11. The van der Waals surface area contributed by atoms with Crippen LogP contribution in [0.25, 0.3) is 0 Å². The quantitative estimate of drug-likeness (QED) is 0.472. The Morgan fingerprint density at radius 2 is 1.58 bits per heavy atom. The van der Waals surface area contributed by atoms with Gasteiger partial charge in [0.1, 0.15) is 11.8 Å². The number of nitrogens with zero attached hydrogens (tertiary/aromatic N) is 2. The van der Waals surface area contributed by atoms with E-state index >= 15 is 0 Å². The maximum atomic E-state index is 13.5. The van der Waals surface area contributed by atoms with Crippen molar-refractivity contribution in [3.63, 3.8) is 0 Å². The van der Waals surface area contributed by atoms with Crippen LogP contribution in [0.4, 0.5) is 5.69 Å². The van der Waals surface area contributed by atoms with Crippen LogP contribution in [-0.2, 0) is 14.3 Å². The largest absolute Gasteiger partial charge is 0.497 e. The van der Waals surface area contributed by atoms with Crippen molar-refractivity contribution < 1.29 is 28.7 Å². The third kappa shape index (κ3) is 4.60. The Bertz CT molecular complexity index is 1060. The van der Waals surface area contributed by atoms with E-state index in [1.165, 1.54) is 36.3 Å². The van der Waals surface area contributed by atoms with E-state index in [0.29, 0.717) is 29.0 Å². The van der Waals surface area contributed by atoms with Gasteiger partial charge in [0, 0.05) is 11.1 Å². The van der Waals surface area contributed by atoms with Crippen LogP contribution < -0.4 is 9.64 Å². The number of carbonyl (C=O) groups is 4. The summed E-state index contributed by atoms with van der Waals surface area (Å²) in [5.74, 6) is -1.12. The van der Waals surface area contributed by atoms with Crippen LogP contribution in [-0.4, -0.2) is 54.4 Å². The van der Waals surface area contributed by atoms with Gasteiger partial charge >= 0.3 is 5.97 Å². The highest BCUT2D eigenvalue weighted by Crippen LogP contribution is 2.32. The zero-order chi connectivity index (χ0) is 24.3. The Labute approximate surface area is 193 Å². The number of hydrogen-bond donors (Lipinski definition) is 0. The van der Waals surface area contributed by atoms with E-state index in [9.17, 15) is 19.2 Å². The predicted molar refractivity (Wildman–Crippen MR) is 122 cm³/mol. The molecule has 0 radical (unpaired) electrons. The van der Waals surface area contributed by atoms with Crippen molar-refractivity contribution in [3.8, 4) is 5.75 Å². The number of carbonyl (C=O) groups excluding carboxylic acids is 4. The number of anilines is 1. The number of benzene rings is 2. The second-order valence-electron chi connectivity index (χ2n) is 8.40. The van der Waals surface area contributed by atoms with Crippen molar-refractivity contribution in [2.75, 3.05) is 19.1 Å². The van der Waals surface area contributed by atoms with Gasteiger partial charge in [-0.15, -0.1) is 0 Å². The number of ether oxygens (including phenoxy) is 2. The van der Waals surface area contributed by atoms with Crippen molar-refractivity contribution in [1.82, 2.24) is 4.90 Å². The van der Waals surface area contributed by atoms with E-state index in [0.717, 1.165) is 4.90 Å². The number of amides is 3. The first-order valence-corrected chi connectivity index (χ1v) is 10.7. The molecule has 2 aromatic rings. The predicted octanol–water partition coefficient (Wildman–Crippen LogP) is 3.44. The first-order valence-electron chi connectivity index (χ1n) is 10.7. The van der Waals surface area contributed by atoms with E-state index < -0.39 is 29.4 Å². The minimum Gasteiger partial charge on any atom is -0.497 e. The highest BCUT2D eigenvalue weighted by atomic mass is 16.5. The molecule has 0 bridgehead atoms. The fourth-order valence-electron chi connectivity index (χ4n) is 3.83. The van der Waals surface area contributed by atoms with Crippen molar-refractivity contribution in [2.24, 2.45) is 0 Å². The molecular formula is C25H28N2O6. The molecule has 8 nitrogen and oxygen atoms in total. The molecule has 1 atom stereocenters. The van der Waals surface area contributed by atoms with E-state index in [-0.39, 0.29) is 12.3 Å². The molecule has 8 heteroatoms.